The summed E-state index contributed by atoms with van der Waals surface area (Å²) in [5.74, 6) is -0.0735. The average Bonchev–Trinajstić information content (AvgIpc) is 2.65. The molecule has 0 aliphatic heterocycles. The van der Waals surface area contributed by atoms with Crippen LogP contribution in [-0.2, 0) is 4.79 Å². The van der Waals surface area contributed by atoms with E-state index in [0.717, 1.165) is 5.82 Å². The molecular weight excluding hydrogens is 182 g/mol. The zero-order valence-electron chi connectivity index (χ0n) is 8.32. The standard InChI is InChI=1S/C9H15N3O2/c1-3-7(9(13)14)12-6(2)8-10-4-5-11-8/h4-7,12H,3H2,1-2H3,(H,10,11)(H,13,14). The van der Waals surface area contributed by atoms with Crippen molar-refractivity contribution in [3.8, 4) is 0 Å². The van der Waals surface area contributed by atoms with Crippen LogP contribution in [0.15, 0.2) is 12.4 Å². The molecule has 2 atom stereocenters. The highest BCUT2D eigenvalue weighted by molar-refractivity contribution is 5.73. The van der Waals surface area contributed by atoms with Gasteiger partial charge >= 0.3 is 5.97 Å². The molecule has 0 aromatic carbocycles. The maximum atomic E-state index is 10.7. The molecule has 2 unspecified atom stereocenters. The molecule has 1 aromatic heterocycles. The van der Waals surface area contributed by atoms with Crippen LogP contribution < -0.4 is 5.32 Å². The Balaban J connectivity index is 2.55. The molecule has 3 N–H and O–H groups in total. The number of carbonyl (C=O) groups is 1. The van der Waals surface area contributed by atoms with Gasteiger partial charge in [-0.15, -0.1) is 0 Å². The SMILES string of the molecule is CCC(NC(C)c1ncc[nH]1)C(=O)O. The number of H-pyrrole nitrogens is 1. The normalized spacial score (nSPS) is 15.0. The van der Waals surface area contributed by atoms with E-state index in [-0.39, 0.29) is 6.04 Å². The lowest BCUT2D eigenvalue weighted by Crippen LogP contribution is -2.38. The summed E-state index contributed by atoms with van der Waals surface area (Å²) in [6, 6.07) is -0.596. The fraction of sp³-hybridized carbons (Fsp3) is 0.556. The number of imidazole rings is 1. The minimum absolute atomic E-state index is 0.0777. The number of nitrogens with one attached hydrogen (secondary N) is 2. The molecular formula is C9H15N3O2. The first-order valence-electron chi connectivity index (χ1n) is 4.63. The van der Waals surface area contributed by atoms with Crippen molar-refractivity contribution in [1.82, 2.24) is 15.3 Å². The van der Waals surface area contributed by atoms with Crippen molar-refractivity contribution < 1.29 is 9.90 Å². The zero-order valence-corrected chi connectivity index (χ0v) is 8.32. The molecule has 1 rings (SSSR count). The smallest absolute Gasteiger partial charge is 0.320 e. The maximum Gasteiger partial charge on any atom is 0.320 e. The minimum Gasteiger partial charge on any atom is -0.480 e. The van der Waals surface area contributed by atoms with E-state index in [0.29, 0.717) is 6.42 Å². The second-order valence-electron chi connectivity index (χ2n) is 3.16. The Bertz CT molecular complexity index is 284. The Kier molecular flexibility index (Phi) is 3.64. The molecule has 14 heavy (non-hydrogen) atoms. The highest BCUT2D eigenvalue weighted by Gasteiger charge is 2.18. The van der Waals surface area contributed by atoms with E-state index in [4.69, 9.17) is 5.11 Å². The van der Waals surface area contributed by atoms with Crippen LogP contribution in [0.25, 0.3) is 0 Å². The summed E-state index contributed by atoms with van der Waals surface area (Å²) in [4.78, 5) is 17.7. The summed E-state index contributed by atoms with van der Waals surface area (Å²) < 4.78 is 0. The van der Waals surface area contributed by atoms with Crippen molar-refractivity contribution in [2.45, 2.75) is 32.4 Å². The van der Waals surface area contributed by atoms with Crippen molar-refractivity contribution in [1.29, 1.82) is 0 Å². The summed E-state index contributed by atoms with van der Waals surface area (Å²) >= 11 is 0. The fourth-order valence-corrected chi connectivity index (χ4v) is 1.26. The molecule has 0 radical (unpaired) electrons. The summed E-state index contributed by atoms with van der Waals surface area (Å²) in [5, 5.41) is 11.8. The van der Waals surface area contributed by atoms with E-state index in [1.54, 1.807) is 12.4 Å². The molecule has 0 saturated carbocycles. The van der Waals surface area contributed by atoms with Crippen molar-refractivity contribution in [2.75, 3.05) is 0 Å². The van der Waals surface area contributed by atoms with Crippen molar-refractivity contribution in [3.05, 3.63) is 18.2 Å². The molecule has 0 amide bonds. The van der Waals surface area contributed by atoms with Gasteiger partial charge in [0.05, 0.1) is 6.04 Å². The first-order chi connectivity index (χ1) is 6.65. The van der Waals surface area contributed by atoms with Crippen LogP contribution in [0, 0.1) is 0 Å². The number of hydrogen-bond acceptors (Lipinski definition) is 3. The number of rotatable bonds is 5. The maximum absolute atomic E-state index is 10.7. The topological polar surface area (TPSA) is 78.0 Å². The molecule has 78 valence electrons. The number of carboxylic acids is 1. The van der Waals surface area contributed by atoms with E-state index in [9.17, 15) is 4.79 Å². The van der Waals surface area contributed by atoms with Crippen molar-refractivity contribution >= 4 is 5.97 Å². The van der Waals surface area contributed by atoms with E-state index >= 15 is 0 Å². The van der Waals surface area contributed by atoms with Crippen molar-refractivity contribution in [2.24, 2.45) is 0 Å². The van der Waals surface area contributed by atoms with Gasteiger partial charge in [0, 0.05) is 12.4 Å². The first-order valence-corrected chi connectivity index (χ1v) is 4.63. The molecule has 5 heteroatoms. The van der Waals surface area contributed by atoms with Crippen molar-refractivity contribution in [3.63, 3.8) is 0 Å². The van der Waals surface area contributed by atoms with Crippen LogP contribution in [0.4, 0.5) is 0 Å². The summed E-state index contributed by atoms with van der Waals surface area (Å²) in [6.45, 7) is 3.71. The third-order valence-electron chi connectivity index (χ3n) is 2.09. The lowest BCUT2D eigenvalue weighted by atomic mass is 10.2. The van der Waals surface area contributed by atoms with Gasteiger partial charge in [0.2, 0.25) is 0 Å². The highest BCUT2D eigenvalue weighted by atomic mass is 16.4. The molecule has 0 bridgehead atoms. The second-order valence-corrected chi connectivity index (χ2v) is 3.16. The molecule has 5 nitrogen and oxygen atoms in total. The van der Waals surface area contributed by atoms with Crippen LogP contribution in [-0.4, -0.2) is 27.1 Å². The first kappa shape index (κ1) is 10.7. The van der Waals surface area contributed by atoms with Gasteiger partial charge in [-0.05, 0) is 13.3 Å². The highest BCUT2D eigenvalue weighted by Crippen LogP contribution is 2.07. The van der Waals surface area contributed by atoms with Gasteiger partial charge in [0.25, 0.3) is 0 Å². The second kappa shape index (κ2) is 4.76. The quantitative estimate of drug-likeness (QED) is 0.656. The lowest BCUT2D eigenvalue weighted by Gasteiger charge is -2.16. The van der Waals surface area contributed by atoms with Gasteiger partial charge in [-0.1, -0.05) is 6.92 Å². The summed E-state index contributed by atoms with van der Waals surface area (Å²) in [6.07, 6.45) is 3.92. The fourth-order valence-electron chi connectivity index (χ4n) is 1.26. The molecule has 0 aliphatic rings. The minimum atomic E-state index is -0.828. The van der Waals surface area contributed by atoms with E-state index in [1.807, 2.05) is 13.8 Å². The number of aromatic nitrogens is 2. The average molecular weight is 197 g/mol. The van der Waals surface area contributed by atoms with E-state index in [2.05, 4.69) is 15.3 Å². The largest absolute Gasteiger partial charge is 0.480 e. The van der Waals surface area contributed by atoms with Gasteiger partial charge in [0.15, 0.2) is 0 Å². The third-order valence-corrected chi connectivity index (χ3v) is 2.09. The van der Waals surface area contributed by atoms with E-state index in [1.165, 1.54) is 0 Å². The van der Waals surface area contributed by atoms with Crippen LogP contribution >= 0.6 is 0 Å². The predicted octanol–water partition coefficient (Wildman–Crippen LogP) is 0.923. The molecule has 0 aliphatic carbocycles. The van der Waals surface area contributed by atoms with Crippen LogP contribution in [0.1, 0.15) is 32.1 Å². The van der Waals surface area contributed by atoms with Gasteiger partial charge in [-0.3, -0.25) is 10.1 Å². The molecule has 1 heterocycles. The molecule has 1 aromatic rings. The molecule has 0 spiro atoms. The number of carboxylic acid groups (broad SMARTS) is 1. The van der Waals surface area contributed by atoms with Crippen LogP contribution in [0.3, 0.4) is 0 Å². The summed E-state index contributed by atoms with van der Waals surface area (Å²) in [5.41, 5.74) is 0. The van der Waals surface area contributed by atoms with Gasteiger partial charge < -0.3 is 10.1 Å². The predicted molar refractivity (Wildman–Crippen MR) is 51.9 cm³/mol. The Hall–Kier alpha value is -1.36. The number of hydrogen-bond donors (Lipinski definition) is 3. The number of aliphatic carboxylic acids is 1. The Morgan fingerprint density at radius 3 is 2.93 bits per heavy atom. The van der Waals surface area contributed by atoms with E-state index < -0.39 is 12.0 Å². The lowest BCUT2D eigenvalue weighted by molar-refractivity contribution is -0.139. The number of aromatic amines is 1. The molecule has 0 saturated heterocycles. The van der Waals surface area contributed by atoms with Crippen LogP contribution in [0.5, 0.6) is 0 Å². The number of nitrogens with zero attached hydrogens (tertiary/aromatic N) is 1. The summed E-state index contributed by atoms with van der Waals surface area (Å²) in [7, 11) is 0. The zero-order chi connectivity index (χ0) is 10.6. The monoisotopic (exact) mass is 197 g/mol. The Labute approximate surface area is 82.6 Å². The molecule has 0 fully saturated rings. The van der Waals surface area contributed by atoms with Gasteiger partial charge in [0.1, 0.15) is 11.9 Å². The van der Waals surface area contributed by atoms with Gasteiger partial charge in [-0.2, -0.15) is 0 Å². The van der Waals surface area contributed by atoms with Crippen LogP contribution in [0.2, 0.25) is 0 Å². The van der Waals surface area contributed by atoms with Gasteiger partial charge in [-0.25, -0.2) is 4.98 Å². The third kappa shape index (κ3) is 2.56. The Morgan fingerprint density at radius 1 is 1.79 bits per heavy atom. The Morgan fingerprint density at radius 2 is 2.50 bits per heavy atom.